The van der Waals surface area contributed by atoms with Gasteiger partial charge in [0.25, 0.3) is 0 Å². The highest BCUT2D eigenvalue weighted by Gasteiger charge is 2.31. The van der Waals surface area contributed by atoms with Crippen LogP contribution in [0.4, 0.5) is 5.69 Å². The van der Waals surface area contributed by atoms with Gasteiger partial charge >= 0.3 is 5.97 Å². The zero-order valence-corrected chi connectivity index (χ0v) is 7.06. The molecule has 4 heteroatoms. The van der Waals surface area contributed by atoms with Gasteiger partial charge in [-0.15, -0.1) is 0 Å². The number of anilines is 1. The summed E-state index contributed by atoms with van der Waals surface area (Å²) in [6.45, 7) is 0. The van der Waals surface area contributed by atoms with Crippen LogP contribution in [-0.4, -0.2) is 11.0 Å². The average molecular weight is 178 g/mol. The number of ether oxygens (including phenoxy) is 1. The SMILES string of the molecule is Nc1cnccc1OC(=O)C1CC1. The molecule has 0 spiro atoms. The zero-order valence-electron chi connectivity index (χ0n) is 7.06. The highest BCUT2D eigenvalue weighted by molar-refractivity contribution is 5.78. The van der Waals surface area contributed by atoms with Crippen molar-refractivity contribution in [2.24, 2.45) is 5.92 Å². The van der Waals surface area contributed by atoms with Gasteiger partial charge in [-0.25, -0.2) is 0 Å². The number of nitrogen functional groups attached to an aromatic ring is 1. The van der Waals surface area contributed by atoms with E-state index in [9.17, 15) is 4.79 Å². The normalized spacial score (nSPS) is 15.4. The molecule has 2 N–H and O–H groups in total. The van der Waals surface area contributed by atoms with E-state index < -0.39 is 0 Å². The fraction of sp³-hybridized carbons (Fsp3) is 0.333. The van der Waals surface area contributed by atoms with E-state index in [1.54, 1.807) is 12.3 Å². The first-order valence-electron chi connectivity index (χ1n) is 4.18. The van der Waals surface area contributed by atoms with Crippen LogP contribution >= 0.6 is 0 Å². The molecule has 0 atom stereocenters. The number of esters is 1. The Balaban J connectivity index is 2.08. The summed E-state index contributed by atoms with van der Waals surface area (Å²) in [5.41, 5.74) is 5.95. The van der Waals surface area contributed by atoms with Gasteiger partial charge in [-0.2, -0.15) is 0 Å². The number of pyridine rings is 1. The molecule has 1 aliphatic carbocycles. The molecule has 1 fully saturated rings. The molecule has 0 bridgehead atoms. The molecule has 1 aliphatic rings. The molecule has 0 aliphatic heterocycles. The smallest absolute Gasteiger partial charge is 0.314 e. The Morgan fingerprint density at radius 2 is 2.38 bits per heavy atom. The van der Waals surface area contributed by atoms with Crippen LogP contribution in [0.25, 0.3) is 0 Å². The summed E-state index contributed by atoms with van der Waals surface area (Å²) in [5.74, 6) is 0.317. The van der Waals surface area contributed by atoms with E-state index in [0.29, 0.717) is 11.4 Å². The fourth-order valence-electron chi connectivity index (χ4n) is 0.998. The molecule has 1 heterocycles. The second-order valence-electron chi connectivity index (χ2n) is 3.11. The van der Waals surface area contributed by atoms with Crippen LogP contribution in [0.2, 0.25) is 0 Å². The van der Waals surface area contributed by atoms with E-state index in [1.807, 2.05) is 0 Å². The van der Waals surface area contributed by atoms with Gasteiger partial charge in [-0.3, -0.25) is 9.78 Å². The molecule has 13 heavy (non-hydrogen) atoms. The Morgan fingerprint density at radius 1 is 1.62 bits per heavy atom. The summed E-state index contributed by atoms with van der Waals surface area (Å²) in [6.07, 6.45) is 4.88. The van der Waals surface area contributed by atoms with Gasteiger partial charge < -0.3 is 10.5 Å². The predicted octanol–water partition coefficient (Wildman–Crippen LogP) is 0.979. The lowest BCUT2D eigenvalue weighted by Gasteiger charge is -2.04. The number of hydrogen-bond acceptors (Lipinski definition) is 4. The van der Waals surface area contributed by atoms with Crippen LogP contribution in [0, 0.1) is 5.92 Å². The Morgan fingerprint density at radius 3 is 3.00 bits per heavy atom. The number of rotatable bonds is 2. The van der Waals surface area contributed by atoms with Gasteiger partial charge in [0.1, 0.15) is 0 Å². The third kappa shape index (κ3) is 1.77. The van der Waals surface area contributed by atoms with Gasteiger partial charge in [0, 0.05) is 12.3 Å². The zero-order chi connectivity index (χ0) is 9.26. The Bertz CT molecular complexity index is 334. The first-order valence-corrected chi connectivity index (χ1v) is 4.18. The molecular formula is C9H10N2O2. The van der Waals surface area contributed by atoms with Gasteiger partial charge in [0.2, 0.25) is 0 Å². The fourth-order valence-corrected chi connectivity index (χ4v) is 0.998. The minimum absolute atomic E-state index is 0.0903. The molecular weight excluding hydrogens is 168 g/mol. The van der Waals surface area contributed by atoms with E-state index in [0.717, 1.165) is 12.8 Å². The molecule has 4 nitrogen and oxygen atoms in total. The van der Waals surface area contributed by atoms with E-state index >= 15 is 0 Å². The molecule has 1 aromatic heterocycles. The lowest BCUT2D eigenvalue weighted by Crippen LogP contribution is -2.11. The van der Waals surface area contributed by atoms with Gasteiger partial charge in [0.15, 0.2) is 5.75 Å². The van der Waals surface area contributed by atoms with Crippen molar-refractivity contribution < 1.29 is 9.53 Å². The molecule has 1 aromatic rings. The number of hydrogen-bond donors (Lipinski definition) is 1. The van der Waals surface area contributed by atoms with Crippen LogP contribution in [0.1, 0.15) is 12.8 Å². The van der Waals surface area contributed by atoms with Crippen molar-refractivity contribution in [3.05, 3.63) is 18.5 Å². The second kappa shape index (κ2) is 3.05. The van der Waals surface area contributed by atoms with Crippen molar-refractivity contribution >= 4 is 11.7 Å². The highest BCUT2D eigenvalue weighted by atomic mass is 16.5. The average Bonchev–Trinajstić information content (AvgIpc) is 2.91. The van der Waals surface area contributed by atoms with E-state index in [2.05, 4.69) is 4.98 Å². The maximum Gasteiger partial charge on any atom is 0.314 e. The van der Waals surface area contributed by atoms with Gasteiger partial charge in [0.05, 0.1) is 17.8 Å². The molecule has 2 rings (SSSR count). The van der Waals surface area contributed by atoms with Crippen LogP contribution in [0.5, 0.6) is 5.75 Å². The monoisotopic (exact) mass is 178 g/mol. The van der Waals surface area contributed by atoms with Crippen molar-refractivity contribution in [1.29, 1.82) is 0 Å². The molecule has 0 amide bonds. The number of carbonyl (C=O) groups is 1. The maximum atomic E-state index is 11.2. The summed E-state index contributed by atoms with van der Waals surface area (Å²) in [5, 5.41) is 0. The van der Waals surface area contributed by atoms with Gasteiger partial charge in [-0.1, -0.05) is 0 Å². The minimum atomic E-state index is -0.182. The van der Waals surface area contributed by atoms with E-state index in [1.165, 1.54) is 6.20 Å². The van der Waals surface area contributed by atoms with Crippen molar-refractivity contribution in [3.63, 3.8) is 0 Å². The lowest BCUT2D eigenvalue weighted by molar-refractivity contribution is -0.135. The molecule has 0 unspecified atom stereocenters. The van der Waals surface area contributed by atoms with Crippen LogP contribution < -0.4 is 10.5 Å². The van der Waals surface area contributed by atoms with Crippen LogP contribution in [0.3, 0.4) is 0 Å². The number of carbonyl (C=O) groups excluding carboxylic acids is 1. The lowest BCUT2D eigenvalue weighted by atomic mass is 10.4. The van der Waals surface area contributed by atoms with Crippen molar-refractivity contribution in [1.82, 2.24) is 4.98 Å². The largest absolute Gasteiger partial charge is 0.424 e. The highest BCUT2D eigenvalue weighted by Crippen LogP contribution is 2.31. The summed E-state index contributed by atoms with van der Waals surface area (Å²) in [4.78, 5) is 15.0. The minimum Gasteiger partial charge on any atom is -0.424 e. The number of aromatic nitrogens is 1. The summed E-state index contributed by atoms with van der Waals surface area (Å²) in [7, 11) is 0. The molecule has 0 saturated heterocycles. The quantitative estimate of drug-likeness (QED) is 0.685. The van der Waals surface area contributed by atoms with Crippen LogP contribution in [0.15, 0.2) is 18.5 Å². The first-order chi connectivity index (χ1) is 6.27. The summed E-state index contributed by atoms with van der Waals surface area (Å²) >= 11 is 0. The van der Waals surface area contributed by atoms with Crippen molar-refractivity contribution in [2.45, 2.75) is 12.8 Å². The summed E-state index contributed by atoms with van der Waals surface area (Å²) in [6, 6.07) is 1.59. The molecule has 0 aromatic carbocycles. The van der Waals surface area contributed by atoms with Gasteiger partial charge in [-0.05, 0) is 12.8 Å². The topological polar surface area (TPSA) is 65.2 Å². The Labute approximate surface area is 75.7 Å². The molecule has 0 radical (unpaired) electrons. The Kier molecular flexibility index (Phi) is 1.88. The van der Waals surface area contributed by atoms with Crippen molar-refractivity contribution in [2.75, 3.05) is 5.73 Å². The predicted molar refractivity (Wildman–Crippen MR) is 47.0 cm³/mol. The Hall–Kier alpha value is -1.58. The number of nitrogens with zero attached hydrogens (tertiary/aromatic N) is 1. The van der Waals surface area contributed by atoms with Crippen molar-refractivity contribution in [3.8, 4) is 5.75 Å². The maximum absolute atomic E-state index is 11.2. The standard InChI is InChI=1S/C9H10N2O2/c10-7-5-11-4-3-8(7)13-9(12)6-1-2-6/h3-6H,1-2,10H2. The first kappa shape index (κ1) is 8.04. The van der Waals surface area contributed by atoms with E-state index in [4.69, 9.17) is 10.5 Å². The second-order valence-corrected chi connectivity index (χ2v) is 3.11. The summed E-state index contributed by atoms with van der Waals surface area (Å²) < 4.78 is 5.07. The third-order valence-corrected chi connectivity index (χ3v) is 1.93. The molecule has 1 saturated carbocycles. The number of nitrogens with two attached hydrogens (primary N) is 1. The molecule has 68 valence electrons. The van der Waals surface area contributed by atoms with Crippen LogP contribution in [-0.2, 0) is 4.79 Å². The third-order valence-electron chi connectivity index (χ3n) is 1.93. The van der Waals surface area contributed by atoms with E-state index in [-0.39, 0.29) is 11.9 Å².